The van der Waals surface area contributed by atoms with Crippen molar-refractivity contribution in [1.82, 2.24) is 4.98 Å². The van der Waals surface area contributed by atoms with Crippen LogP contribution in [0.3, 0.4) is 0 Å². The number of nitrogens with zero attached hydrogens (tertiary/aromatic N) is 2. The van der Waals surface area contributed by atoms with Crippen LogP contribution in [-0.2, 0) is 0 Å². The molecule has 1 aromatic rings. The number of pyridine rings is 1. The minimum Gasteiger partial charge on any atom is -0.396 e. The molecule has 2 aliphatic rings. The molecule has 2 heterocycles. The molecule has 0 bridgehead atoms. The Morgan fingerprint density at radius 2 is 1.94 bits per heavy atom. The van der Waals surface area contributed by atoms with Crippen molar-refractivity contribution in [1.29, 1.82) is 0 Å². The summed E-state index contributed by atoms with van der Waals surface area (Å²) in [6, 6.07) is 3.59. The van der Waals surface area contributed by atoms with Gasteiger partial charge >= 0.3 is 0 Å². The van der Waals surface area contributed by atoms with Gasteiger partial charge in [0.2, 0.25) is 0 Å². The van der Waals surface area contributed by atoms with Crippen LogP contribution >= 0.6 is 11.6 Å². The fourth-order valence-corrected chi connectivity index (χ4v) is 3.24. The second-order valence-electron chi connectivity index (χ2n) is 4.90. The maximum Gasteiger partial charge on any atom is 0.153 e. The zero-order valence-corrected chi connectivity index (χ0v) is 9.95. The predicted molar refractivity (Wildman–Crippen MR) is 66.7 cm³/mol. The monoisotopic (exact) mass is 237 g/mol. The Hall–Kier alpha value is -0.960. The first-order valence-electron chi connectivity index (χ1n) is 5.91. The third kappa shape index (κ3) is 1.63. The fraction of sp³-hybridized carbons (Fsp3) is 0.583. The second kappa shape index (κ2) is 3.81. The molecular weight excluding hydrogens is 222 g/mol. The number of halogens is 1. The molecule has 2 N–H and O–H groups in total. The van der Waals surface area contributed by atoms with Crippen LogP contribution in [0.15, 0.2) is 12.1 Å². The van der Waals surface area contributed by atoms with Gasteiger partial charge in [-0.1, -0.05) is 18.0 Å². The third-order valence-electron chi connectivity index (χ3n) is 3.90. The van der Waals surface area contributed by atoms with E-state index in [1.165, 1.54) is 19.3 Å². The van der Waals surface area contributed by atoms with Gasteiger partial charge in [0.1, 0.15) is 5.15 Å². The van der Waals surface area contributed by atoms with E-state index in [2.05, 4.69) is 9.88 Å². The average molecular weight is 238 g/mol. The molecule has 86 valence electrons. The van der Waals surface area contributed by atoms with E-state index in [1.54, 1.807) is 6.07 Å². The number of aromatic nitrogens is 1. The molecule has 0 radical (unpaired) electrons. The lowest BCUT2D eigenvalue weighted by atomic mass is 10.0. The maximum atomic E-state index is 5.96. The quantitative estimate of drug-likeness (QED) is 0.764. The van der Waals surface area contributed by atoms with Crippen LogP contribution in [0.2, 0.25) is 5.15 Å². The largest absolute Gasteiger partial charge is 0.396 e. The van der Waals surface area contributed by atoms with Gasteiger partial charge in [0.05, 0.1) is 5.69 Å². The Morgan fingerprint density at radius 3 is 2.62 bits per heavy atom. The van der Waals surface area contributed by atoms with Crippen molar-refractivity contribution in [2.45, 2.75) is 19.3 Å². The number of rotatable bonds is 1. The molecule has 0 aromatic carbocycles. The van der Waals surface area contributed by atoms with Gasteiger partial charge in [0, 0.05) is 13.1 Å². The van der Waals surface area contributed by atoms with Crippen LogP contribution in [0.4, 0.5) is 11.5 Å². The van der Waals surface area contributed by atoms with E-state index in [4.69, 9.17) is 17.3 Å². The molecule has 1 saturated heterocycles. The first-order chi connectivity index (χ1) is 7.74. The number of fused-ring (bicyclic) bond motifs is 1. The Kier molecular flexibility index (Phi) is 2.43. The van der Waals surface area contributed by atoms with E-state index in [0.29, 0.717) is 5.15 Å². The number of hydrogen-bond acceptors (Lipinski definition) is 3. The Bertz CT molecular complexity index is 395. The van der Waals surface area contributed by atoms with Crippen LogP contribution in [-0.4, -0.2) is 18.1 Å². The third-order valence-corrected chi connectivity index (χ3v) is 4.11. The standard InChI is InChI=1S/C12H16ClN3/c13-11-5-4-10(14)12(15-11)16-6-8-2-1-3-9(8)7-16/h4-5,8-9H,1-3,6-7,14H2. The Morgan fingerprint density at radius 1 is 1.25 bits per heavy atom. The first-order valence-corrected chi connectivity index (χ1v) is 6.29. The molecule has 1 aliphatic carbocycles. The predicted octanol–water partition coefficient (Wildman–Crippen LogP) is 2.55. The highest BCUT2D eigenvalue weighted by Gasteiger charge is 2.37. The summed E-state index contributed by atoms with van der Waals surface area (Å²) in [6.45, 7) is 2.20. The minimum atomic E-state index is 0.529. The van der Waals surface area contributed by atoms with Gasteiger partial charge in [0.15, 0.2) is 5.82 Å². The van der Waals surface area contributed by atoms with Crippen LogP contribution in [0.1, 0.15) is 19.3 Å². The van der Waals surface area contributed by atoms with Gasteiger partial charge in [-0.15, -0.1) is 0 Å². The summed E-state index contributed by atoms with van der Waals surface area (Å²) < 4.78 is 0. The topological polar surface area (TPSA) is 42.1 Å². The van der Waals surface area contributed by atoms with E-state index in [9.17, 15) is 0 Å². The van der Waals surface area contributed by atoms with E-state index in [1.807, 2.05) is 6.07 Å². The van der Waals surface area contributed by atoms with Gasteiger partial charge < -0.3 is 10.6 Å². The highest BCUT2D eigenvalue weighted by molar-refractivity contribution is 6.29. The molecule has 3 nitrogen and oxygen atoms in total. The van der Waals surface area contributed by atoms with Crippen molar-refractivity contribution in [2.75, 3.05) is 23.7 Å². The number of anilines is 2. The summed E-state index contributed by atoms with van der Waals surface area (Å²) in [5.74, 6) is 2.57. The van der Waals surface area contributed by atoms with E-state index in [-0.39, 0.29) is 0 Å². The molecule has 2 atom stereocenters. The highest BCUT2D eigenvalue weighted by Crippen LogP contribution is 2.40. The van der Waals surface area contributed by atoms with Gasteiger partial charge in [-0.3, -0.25) is 0 Å². The SMILES string of the molecule is Nc1ccc(Cl)nc1N1CC2CCCC2C1. The Labute approximate surface area is 101 Å². The molecule has 3 rings (SSSR count). The minimum absolute atomic E-state index is 0.529. The highest BCUT2D eigenvalue weighted by atomic mass is 35.5. The number of nitrogens with two attached hydrogens (primary N) is 1. The van der Waals surface area contributed by atoms with Crippen molar-refractivity contribution in [3.63, 3.8) is 0 Å². The Balaban J connectivity index is 1.85. The van der Waals surface area contributed by atoms with Gasteiger partial charge in [-0.05, 0) is 36.8 Å². The molecule has 2 unspecified atom stereocenters. The molecule has 2 fully saturated rings. The zero-order valence-electron chi connectivity index (χ0n) is 9.19. The van der Waals surface area contributed by atoms with Crippen molar-refractivity contribution in [3.8, 4) is 0 Å². The summed E-state index contributed by atoms with van der Waals surface area (Å²) in [7, 11) is 0. The van der Waals surface area contributed by atoms with Crippen molar-refractivity contribution in [3.05, 3.63) is 17.3 Å². The van der Waals surface area contributed by atoms with E-state index >= 15 is 0 Å². The smallest absolute Gasteiger partial charge is 0.153 e. The number of nitrogen functional groups attached to an aromatic ring is 1. The molecule has 0 amide bonds. The van der Waals surface area contributed by atoms with E-state index < -0.39 is 0 Å². The molecule has 0 spiro atoms. The average Bonchev–Trinajstić information content (AvgIpc) is 2.81. The normalized spacial score (nSPS) is 28.4. The van der Waals surface area contributed by atoms with Gasteiger partial charge in [0.25, 0.3) is 0 Å². The molecule has 1 aromatic heterocycles. The summed E-state index contributed by atoms with van der Waals surface area (Å²) in [5, 5.41) is 0.529. The first kappa shape index (κ1) is 10.2. The molecule has 16 heavy (non-hydrogen) atoms. The van der Waals surface area contributed by atoms with Gasteiger partial charge in [-0.2, -0.15) is 0 Å². The van der Waals surface area contributed by atoms with Crippen LogP contribution in [0.25, 0.3) is 0 Å². The lowest BCUT2D eigenvalue weighted by Gasteiger charge is -2.20. The van der Waals surface area contributed by atoms with Crippen molar-refractivity contribution < 1.29 is 0 Å². The van der Waals surface area contributed by atoms with Crippen LogP contribution in [0, 0.1) is 11.8 Å². The zero-order chi connectivity index (χ0) is 11.1. The summed E-state index contributed by atoms with van der Waals surface area (Å²) in [5.41, 5.74) is 6.70. The van der Waals surface area contributed by atoms with Gasteiger partial charge in [-0.25, -0.2) is 4.98 Å². The summed E-state index contributed by atoms with van der Waals surface area (Å²) in [6.07, 6.45) is 4.12. The second-order valence-corrected chi connectivity index (χ2v) is 5.29. The lowest BCUT2D eigenvalue weighted by molar-refractivity contribution is 0.494. The molecule has 4 heteroatoms. The maximum absolute atomic E-state index is 5.96. The summed E-state index contributed by atoms with van der Waals surface area (Å²) in [4.78, 5) is 6.65. The lowest BCUT2D eigenvalue weighted by Crippen LogP contribution is -2.23. The summed E-state index contributed by atoms with van der Waals surface area (Å²) >= 11 is 5.92. The van der Waals surface area contributed by atoms with Crippen LogP contribution < -0.4 is 10.6 Å². The van der Waals surface area contributed by atoms with Crippen LogP contribution in [0.5, 0.6) is 0 Å². The van der Waals surface area contributed by atoms with Crippen molar-refractivity contribution >= 4 is 23.1 Å². The van der Waals surface area contributed by atoms with Crippen molar-refractivity contribution in [2.24, 2.45) is 11.8 Å². The number of hydrogen-bond donors (Lipinski definition) is 1. The van der Waals surface area contributed by atoms with E-state index in [0.717, 1.165) is 36.4 Å². The molecule has 1 saturated carbocycles. The fourth-order valence-electron chi connectivity index (χ4n) is 3.10. The molecular formula is C12H16ClN3. The molecule has 1 aliphatic heterocycles.